The molecule has 1 aromatic heterocycles. The van der Waals surface area contributed by atoms with Gasteiger partial charge in [-0.05, 0) is 33.8 Å². The van der Waals surface area contributed by atoms with Crippen molar-refractivity contribution in [2.45, 2.75) is 10.6 Å². The lowest BCUT2D eigenvalue weighted by Crippen LogP contribution is -2.48. The molecule has 7 nitrogen and oxygen atoms in total. The van der Waals surface area contributed by atoms with Crippen molar-refractivity contribution in [2.75, 3.05) is 13.1 Å². The van der Waals surface area contributed by atoms with Crippen LogP contribution in [0.3, 0.4) is 0 Å². The minimum Gasteiger partial charge on any atom is -0.481 e. The van der Waals surface area contributed by atoms with Gasteiger partial charge >= 0.3 is 11.9 Å². The van der Waals surface area contributed by atoms with E-state index in [4.69, 9.17) is 10.2 Å². The van der Waals surface area contributed by atoms with Crippen molar-refractivity contribution in [3.63, 3.8) is 0 Å². The van der Waals surface area contributed by atoms with E-state index in [1.807, 2.05) is 0 Å². The molecule has 1 fully saturated rings. The van der Waals surface area contributed by atoms with Gasteiger partial charge < -0.3 is 10.2 Å². The van der Waals surface area contributed by atoms with E-state index in [-0.39, 0.29) is 23.7 Å². The first kappa shape index (κ1) is 16.4. The predicted octanol–water partition coefficient (Wildman–Crippen LogP) is 1.31. The third kappa shape index (κ3) is 3.12. The zero-order chi connectivity index (χ0) is 15.8. The van der Waals surface area contributed by atoms with Crippen molar-refractivity contribution in [2.24, 2.45) is 11.8 Å². The highest BCUT2D eigenvalue weighted by atomic mass is 79.9. The third-order valence-corrected chi connectivity index (χ3v) is 7.88. The van der Waals surface area contributed by atoms with Gasteiger partial charge in [-0.3, -0.25) is 9.59 Å². The lowest BCUT2D eigenvalue weighted by atomic mass is 9.86. The van der Waals surface area contributed by atoms with Crippen molar-refractivity contribution >= 4 is 49.2 Å². The maximum absolute atomic E-state index is 12.5. The number of rotatable bonds is 4. The van der Waals surface area contributed by atoms with Gasteiger partial charge in [0, 0.05) is 17.6 Å². The number of hydrogen-bond acceptors (Lipinski definition) is 5. The van der Waals surface area contributed by atoms with Gasteiger partial charge in [-0.1, -0.05) is 0 Å². The molecule has 2 heterocycles. The number of thiophene rings is 1. The summed E-state index contributed by atoms with van der Waals surface area (Å²) in [4.78, 5) is 22.3. The van der Waals surface area contributed by atoms with Crippen molar-refractivity contribution in [3.8, 4) is 0 Å². The molecule has 2 unspecified atom stereocenters. The van der Waals surface area contributed by atoms with Gasteiger partial charge in [0.25, 0.3) is 10.0 Å². The SMILES string of the molecule is O=C(O)C1CCN(S(=O)(=O)c2sccc2Br)CC1C(=O)O. The van der Waals surface area contributed by atoms with Crippen LogP contribution in [0.15, 0.2) is 20.1 Å². The number of carbonyl (C=O) groups is 2. The van der Waals surface area contributed by atoms with E-state index >= 15 is 0 Å². The van der Waals surface area contributed by atoms with Crippen LogP contribution in [0.5, 0.6) is 0 Å². The van der Waals surface area contributed by atoms with Crippen LogP contribution >= 0.6 is 27.3 Å². The molecule has 2 atom stereocenters. The number of carboxylic acid groups (broad SMARTS) is 2. The maximum Gasteiger partial charge on any atom is 0.308 e. The summed E-state index contributed by atoms with van der Waals surface area (Å²) >= 11 is 4.17. The van der Waals surface area contributed by atoms with E-state index in [0.29, 0.717) is 4.47 Å². The van der Waals surface area contributed by atoms with Gasteiger partial charge in [-0.2, -0.15) is 4.31 Å². The van der Waals surface area contributed by atoms with Gasteiger partial charge in [-0.15, -0.1) is 11.3 Å². The lowest BCUT2D eigenvalue weighted by Gasteiger charge is -2.33. The largest absolute Gasteiger partial charge is 0.481 e. The fourth-order valence-corrected chi connectivity index (χ4v) is 6.20. The van der Waals surface area contributed by atoms with Crippen LogP contribution in [0, 0.1) is 11.8 Å². The summed E-state index contributed by atoms with van der Waals surface area (Å²) in [6, 6.07) is 1.59. The van der Waals surface area contributed by atoms with Gasteiger partial charge in [0.15, 0.2) is 0 Å². The highest BCUT2D eigenvalue weighted by Crippen LogP contribution is 2.34. The van der Waals surface area contributed by atoms with Crippen LogP contribution < -0.4 is 0 Å². The Morgan fingerprint density at radius 3 is 2.38 bits per heavy atom. The smallest absolute Gasteiger partial charge is 0.308 e. The van der Waals surface area contributed by atoms with E-state index in [2.05, 4.69) is 15.9 Å². The van der Waals surface area contributed by atoms with Crippen LogP contribution in [0.4, 0.5) is 0 Å². The molecule has 0 aromatic carbocycles. The Hall–Kier alpha value is -0.970. The van der Waals surface area contributed by atoms with Crippen LogP contribution in [0.2, 0.25) is 0 Å². The molecule has 2 N–H and O–H groups in total. The molecule has 1 saturated heterocycles. The monoisotopic (exact) mass is 397 g/mol. The summed E-state index contributed by atoms with van der Waals surface area (Å²) < 4.78 is 26.5. The zero-order valence-corrected chi connectivity index (χ0v) is 13.8. The van der Waals surface area contributed by atoms with Gasteiger partial charge in [-0.25, -0.2) is 8.42 Å². The highest BCUT2D eigenvalue weighted by molar-refractivity contribution is 9.10. The van der Waals surface area contributed by atoms with E-state index < -0.39 is 33.8 Å². The first-order valence-corrected chi connectivity index (χ1v) is 9.05. The molecule has 1 aromatic rings. The summed E-state index contributed by atoms with van der Waals surface area (Å²) in [6.45, 7) is -0.341. The third-order valence-electron chi connectivity index (χ3n) is 3.37. The quantitative estimate of drug-likeness (QED) is 0.791. The zero-order valence-electron chi connectivity index (χ0n) is 10.6. The number of aliphatic carboxylic acids is 2. The van der Waals surface area contributed by atoms with Crippen molar-refractivity contribution < 1.29 is 28.2 Å². The summed E-state index contributed by atoms with van der Waals surface area (Å²) in [6.07, 6.45) is -0.0193. The maximum atomic E-state index is 12.5. The van der Waals surface area contributed by atoms with E-state index in [0.717, 1.165) is 15.6 Å². The number of halogens is 1. The molecule has 0 saturated carbocycles. The number of hydrogen-bond donors (Lipinski definition) is 2. The summed E-state index contributed by atoms with van der Waals surface area (Å²) in [7, 11) is -3.82. The summed E-state index contributed by atoms with van der Waals surface area (Å²) in [5.41, 5.74) is 0. The molecule has 0 spiro atoms. The lowest BCUT2D eigenvalue weighted by molar-refractivity contribution is -0.156. The molecular formula is C11H12BrNO6S2. The molecule has 1 aliphatic heterocycles. The summed E-state index contributed by atoms with van der Waals surface area (Å²) in [5, 5.41) is 19.8. The Kier molecular flexibility index (Phi) is 4.71. The minimum atomic E-state index is -3.82. The Labute approximate surface area is 133 Å². The molecule has 0 radical (unpaired) electrons. The van der Waals surface area contributed by atoms with Crippen molar-refractivity contribution in [1.29, 1.82) is 0 Å². The average molecular weight is 398 g/mol. The molecule has 2 rings (SSSR count). The minimum absolute atomic E-state index is 0.00653. The molecular weight excluding hydrogens is 386 g/mol. The molecule has 0 bridgehead atoms. The fraction of sp³-hybridized carbons (Fsp3) is 0.455. The van der Waals surface area contributed by atoms with E-state index in [1.54, 1.807) is 11.4 Å². The Balaban J connectivity index is 2.29. The Bertz CT molecular complexity index is 670. The van der Waals surface area contributed by atoms with Crippen LogP contribution in [-0.4, -0.2) is 48.0 Å². The topological polar surface area (TPSA) is 112 Å². The number of sulfonamides is 1. The van der Waals surface area contributed by atoms with Gasteiger partial charge in [0.05, 0.1) is 11.8 Å². The molecule has 0 amide bonds. The molecule has 1 aliphatic rings. The van der Waals surface area contributed by atoms with Crippen LogP contribution in [0.25, 0.3) is 0 Å². The van der Waals surface area contributed by atoms with Crippen LogP contribution in [0.1, 0.15) is 6.42 Å². The van der Waals surface area contributed by atoms with Crippen LogP contribution in [-0.2, 0) is 19.6 Å². The first-order chi connectivity index (χ1) is 9.75. The number of piperidine rings is 1. The molecule has 0 aliphatic carbocycles. The Morgan fingerprint density at radius 1 is 1.29 bits per heavy atom. The molecule has 10 heteroatoms. The molecule has 116 valence electrons. The number of carboxylic acids is 2. The Morgan fingerprint density at radius 2 is 1.90 bits per heavy atom. The summed E-state index contributed by atoms with van der Waals surface area (Å²) in [5.74, 6) is -4.82. The first-order valence-electron chi connectivity index (χ1n) is 5.94. The average Bonchev–Trinajstić information content (AvgIpc) is 2.84. The van der Waals surface area contributed by atoms with Crippen molar-refractivity contribution in [3.05, 3.63) is 15.9 Å². The van der Waals surface area contributed by atoms with E-state index in [1.165, 1.54) is 0 Å². The second-order valence-corrected chi connectivity index (χ2v) is 8.50. The molecule has 21 heavy (non-hydrogen) atoms. The predicted molar refractivity (Wildman–Crippen MR) is 77.6 cm³/mol. The fourth-order valence-electron chi connectivity index (χ4n) is 2.27. The van der Waals surface area contributed by atoms with E-state index in [9.17, 15) is 18.0 Å². The second kappa shape index (κ2) is 6.03. The highest BCUT2D eigenvalue weighted by Gasteiger charge is 2.43. The normalized spacial score (nSPS) is 23.9. The number of nitrogens with zero attached hydrogens (tertiary/aromatic N) is 1. The van der Waals surface area contributed by atoms with Crippen molar-refractivity contribution in [1.82, 2.24) is 4.31 Å². The standard InChI is InChI=1S/C11H12BrNO6S2/c12-8-2-4-20-11(8)21(18,19)13-3-1-6(9(14)15)7(5-13)10(16)17/h2,4,6-7H,1,3,5H2,(H,14,15)(H,16,17). The van der Waals surface area contributed by atoms with Gasteiger partial charge in [0.1, 0.15) is 4.21 Å². The second-order valence-electron chi connectivity index (χ2n) is 4.60. The van der Waals surface area contributed by atoms with Gasteiger partial charge in [0.2, 0.25) is 0 Å².